The van der Waals surface area contributed by atoms with Crippen molar-refractivity contribution < 1.29 is 0 Å². The number of fused-ring (bicyclic) bond motifs is 20. The van der Waals surface area contributed by atoms with Crippen molar-refractivity contribution in [3.8, 4) is 39.3 Å². The maximum atomic E-state index is 3.65. The van der Waals surface area contributed by atoms with Crippen LogP contribution < -0.4 is 10.2 Å². The summed E-state index contributed by atoms with van der Waals surface area (Å²) < 4.78 is 8.18. The van der Waals surface area contributed by atoms with Gasteiger partial charge in [0.1, 0.15) is 0 Å². The van der Waals surface area contributed by atoms with Gasteiger partial charge in [0.2, 0.25) is 0 Å². The Kier molecular flexibility index (Phi) is 16.1. The van der Waals surface area contributed by atoms with Crippen LogP contribution in [0.2, 0.25) is 0 Å². The van der Waals surface area contributed by atoms with Crippen LogP contribution in [0.3, 0.4) is 0 Å². The molecule has 0 bridgehead atoms. The molecule has 0 amide bonds. The first-order valence-electron chi connectivity index (χ1n) is 37.3. The highest BCUT2D eigenvalue weighted by Gasteiger charge is 2.50. The van der Waals surface area contributed by atoms with Crippen LogP contribution in [-0.4, -0.2) is 13.7 Å². The van der Waals surface area contributed by atoms with E-state index in [-0.39, 0.29) is 7.43 Å². The predicted octanol–water partition coefficient (Wildman–Crippen LogP) is 28.8. The summed E-state index contributed by atoms with van der Waals surface area (Å²) >= 11 is 3.58. The van der Waals surface area contributed by atoms with Gasteiger partial charge >= 0.3 is 0 Å². The average Bonchev–Trinajstić information content (AvgIpc) is 1.45. The van der Waals surface area contributed by atoms with Crippen LogP contribution in [0.4, 0.5) is 28.4 Å². The quantitative estimate of drug-likeness (QED) is 0.164. The van der Waals surface area contributed by atoms with Crippen LogP contribution in [-0.2, 0) is 5.41 Å². The lowest BCUT2D eigenvalue weighted by molar-refractivity contribution is 0.773. The molecular formula is C104H72BrN5. The molecule has 110 heavy (non-hydrogen) atoms. The second-order valence-electron chi connectivity index (χ2n) is 28.4. The van der Waals surface area contributed by atoms with Gasteiger partial charge in [-0.25, -0.2) is 0 Å². The topological polar surface area (TPSA) is 30.1 Å². The Labute approximate surface area is 646 Å². The molecule has 23 rings (SSSR count). The summed E-state index contributed by atoms with van der Waals surface area (Å²) in [7, 11) is 0. The molecule has 21 aromatic rings. The zero-order valence-corrected chi connectivity index (χ0v) is 60.9. The predicted molar refractivity (Wildman–Crippen MR) is 470 cm³/mol. The van der Waals surface area contributed by atoms with E-state index in [9.17, 15) is 0 Å². The van der Waals surface area contributed by atoms with Crippen LogP contribution in [0.1, 0.15) is 29.7 Å². The van der Waals surface area contributed by atoms with Gasteiger partial charge in [0.15, 0.2) is 0 Å². The second-order valence-corrected chi connectivity index (χ2v) is 29.3. The highest BCUT2D eigenvalue weighted by molar-refractivity contribution is 9.10. The molecular weight excluding hydrogens is 1400 g/mol. The average molecular weight is 1470 g/mol. The first-order valence-corrected chi connectivity index (χ1v) is 38.1. The van der Waals surface area contributed by atoms with E-state index in [1.807, 2.05) is 6.07 Å². The minimum Gasteiger partial charge on any atom is -0.355 e. The molecule has 0 saturated carbocycles. The van der Waals surface area contributed by atoms with Gasteiger partial charge in [0, 0.05) is 87.4 Å². The fourth-order valence-corrected chi connectivity index (χ4v) is 18.4. The number of nitrogens with one attached hydrogen (secondary N) is 1. The summed E-state index contributed by atoms with van der Waals surface area (Å²) in [4.78, 5) is 2.50. The third-order valence-corrected chi connectivity index (χ3v) is 23.1. The van der Waals surface area contributed by atoms with Crippen molar-refractivity contribution in [3.63, 3.8) is 0 Å². The molecule has 0 aliphatic heterocycles. The number of hydrogen-bond acceptors (Lipinski definition) is 2. The molecule has 0 unspecified atom stereocenters. The third-order valence-electron chi connectivity index (χ3n) is 22.6. The Bertz CT molecular complexity index is 7110. The van der Waals surface area contributed by atoms with Crippen LogP contribution >= 0.6 is 15.9 Å². The molecule has 2 aliphatic carbocycles. The Morgan fingerprint density at radius 2 is 0.645 bits per heavy atom. The molecule has 1 spiro atoms. The van der Waals surface area contributed by atoms with Crippen molar-refractivity contribution in [1.29, 1.82) is 0 Å². The SMILES string of the molecule is Brc1ccc2c3ccccc3n(-c3ccccc3)c2c1.C.c1ccc(-n2c3ccccc3c3ccc(N(c4ccc5c(c4)C4(c6ccccc6-c6ccccc64)c4cccc6cccc-5c46)c4cccc5ccccc45)cc32)cc1.c1ccc(-n2c3ccccc3c3ccc(Nc4cccc5ccccc45)cc32)cc1. The standard InChI is InChI=1S/C57H36N2.C28H20N2.C18H12BrN.CH4/c1-2-19-39(20-3-1)59-54-29-11-8-24-46(54)47-34-32-41(36-55(47)59)58(53-30-14-16-37-15-4-5-21-42(37)53)40-31-33-45-48-25-12-17-38-18-13-28-51(56(38)48)57(52(45)35-40)49-26-9-6-22-43(49)44-23-7-10-27-50(44)57;1-2-11-22(12-3-1)30-27-16-7-6-14-24(27)25-18-17-21(19-28(25)30)29-26-15-8-10-20-9-4-5-13-23(20)26;19-13-10-11-16-15-8-4-5-9-17(15)20(18(16)12-13)14-6-2-1-3-7-14;/h1-36H;1-19,29H;1-12H;1H4. The zero-order chi connectivity index (χ0) is 72.1. The van der Waals surface area contributed by atoms with Gasteiger partial charge in [0.25, 0.3) is 0 Å². The van der Waals surface area contributed by atoms with Crippen LogP contribution in [0.25, 0.3) is 137 Å². The van der Waals surface area contributed by atoms with E-state index in [4.69, 9.17) is 0 Å². The molecule has 0 saturated heterocycles. The zero-order valence-electron chi connectivity index (χ0n) is 59.3. The molecule has 520 valence electrons. The van der Waals surface area contributed by atoms with Gasteiger partial charge < -0.3 is 23.9 Å². The first kappa shape index (κ1) is 65.7. The Morgan fingerprint density at radius 1 is 0.255 bits per heavy atom. The molecule has 3 aromatic heterocycles. The maximum Gasteiger partial charge on any atom is 0.0726 e. The number of halogens is 1. The minimum atomic E-state index is -0.513. The summed E-state index contributed by atoms with van der Waals surface area (Å²) in [5, 5.41) is 18.7. The number of rotatable bonds is 8. The Morgan fingerprint density at radius 3 is 1.25 bits per heavy atom. The molecule has 0 atom stereocenters. The van der Waals surface area contributed by atoms with Crippen molar-refractivity contribution in [2.75, 3.05) is 10.2 Å². The number of hydrogen-bond donors (Lipinski definition) is 1. The first-order chi connectivity index (χ1) is 54.0. The molecule has 0 fully saturated rings. The van der Waals surface area contributed by atoms with Gasteiger partial charge in [-0.3, -0.25) is 0 Å². The van der Waals surface area contributed by atoms with E-state index in [2.05, 4.69) is 440 Å². The summed E-state index contributed by atoms with van der Waals surface area (Å²) in [6.07, 6.45) is 0. The highest BCUT2D eigenvalue weighted by Crippen LogP contribution is 2.63. The highest BCUT2D eigenvalue weighted by atomic mass is 79.9. The number of nitrogens with zero attached hydrogens (tertiary/aromatic N) is 4. The lowest BCUT2D eigenvalue weighted by Crippen LogP contribution is -2.32. The van der Waals surface area contributed by atoms with Gasteiger partial charge in [-0.2, -0.15) is 0 Å². The number of aromatic nitrogens is 3. The van der Waals surface area contributed by atoms with Crippen molar-refractivity contribution in [2.45, 2.75) is 12.8 Å². The molecule has 1 N–H and O–H groups in total. The van der Waals surface area contributed by atoms with Crippen molar-refractivity contribution in [2.24, 2.45) is 0 Å². The van der Waals surface area contributed by atoms with E-state index >= 15 is 0 Å². The maximum absolute atomic E-state index is 3.65. The summed E-state index contributed by atoms with van der Waals surface area (Å²) in [5.74, 6) is 0. The summed E-state index contributed by atoms with van der Waals surface area (Å²) in [5.41, 5.74) is 26.4. The summed E-state index contributed by atoms with van der Waals surface area (Å²) in [6, 6.07) is 147. The molecule has 6 heteroatoms. The minimum absolute atomic E-state index is 0. The normalized spacial score (nSPS) is 12.2. The smallest absolute Gasteiger partial charge is 0.0726 e. The van der Waals surface area contributed by atoms with E-state index < -0.39 is 5.41 Å². The fraction of sp³-hybridized carbons (Fsp3) is 0.0192. The lowest BCUT2D eigenvalue weighted by atomic mass is 9.61. The monoisotopic (exact) mass is 1470 g/mol. The molecule has 18 aromatic carbocycles. The van der Waals surface area contributed by atoms with Gasteiger partial charge in [0.05, 0.1) is 44.2 Å². The van der Waals surface area contributed by atoms with Crippen LogP contribution in [0, 0.1) is 0 Å². The Hall–Kier alpha value is -13.8. The molecule has 5 nitrogen and oxygen atoms in total. The van der Waals surface area contributed by atoms with Crippen molar-refractivity contribution >= 4 is 142 Å². The molecule has 3 heterocycles. The fourth-order valence-electron chi connectivity index (χ4n) is 18.0. The third kappa shape index (κ3) is 10.5. The Balaban J connectivity index is 0.000000128. The number of benzene rings is 18. The number of para-hydroxylation sites is 6. The van der Waals surface area contributed by atoms with Crippen molar-refractivity contribution in [1.82, 2.24) is 13.7 Å². The summed E-state index contributed by atoms with van der Waals surface area (Å²) in [6.45, 7) is 0. The largest absolute Gasteiger partial charge is 0.355 e. The van der Waals surface area contributed by atoms with Gasteiger partial charge in [-0.1, -0.05) is 315 Å². The van der Waals surface area contributed by atoms with Crippen LogP contribution in [0.15, 0.2) is 411 Å². The second kappa shape index (κ2) is 26.9. The van der Waals surface area contributed by atoms with Crippen molar-refractivity contribution in [3.05, 3.63) is 433 Å². The van der Waals surface area contributed by atoms with E-state index in [0.29, 0.717) is 0 Å². The van der Waals surface area contributed by atoms with E-state index in [1.54, 1.807) is 0 Å². The number of anilines is 5. The van der Waals surface area contributed by atoms with E-state index in [1.165, 1.54) is 154 Å². The van der Waals surface area contributed by atoms with Gasteiger partial charge in [-0.15, -0.1) is 0 Å². The van der Waals surface area contributed by atoms with E-state index in [0.717, 1.165) is 38.6 Å². The lowest BCUT2D eigenvalue weighted by Gasteiger charge is -2.41. The van der Waals surface area contributed by atoms with Gasteiger partial charge in [-0.05, 0) is 181 Å². The van der Waals surface area contributed by atoms with Crippen LogP contribution in [0.5, 0.6) is 0 Å². The molecule has 0 radical (unpaired) electrons. The molecule has 2 aliphatic rings.